The number of hydrogen-bond donors (Lipinski definition) is 0. The standard InChI is InChI=1S/C20H25FN2O5S/c1-12(2)23-13(3)9-16(14(23)4)19(24)11-28-20(25)17-10-15(7-8-18(17)21)29(26,27)22(5)6/h7-10,12H,11H2,1-6H3. The maximum Gasteiger partial charge on any atom is 0.341 e. The summed E-state index contributed by atoms with van der Waals surface area (Å²) in [4.78, 5) is 24.5. The molecule has 0 aliphatic rings. The summed E-state index contributed by atoms with van der Waals surface area (Å²) in [5.74, 6) is -2.46. The number of Topliss-reactive ketones (excluding diaryl/α,β-unsaturated/α-hetero) is 1. The Morgan fingerprint density at radius 1 is 1.14 bits per heavy atom. The summed E-state index contributed by atoms with van der Waals surface area (Å²) in [5, 5.41) is 0. The Bertz CT molecular complexity index is 1060. The number of rotatable bonds is 7. The molecule has 0 atom stereocenters. The Labute approximate surface area is 170 Å². The third-order valence-corrected chi connectivity index (χ3v) is 6.38. The molecule has 0 aliphatic heterocycles. The fourth-order valence-corrected chi connectivity index (χ4v) is 4.10. The van der Waals surface area contributed by atoms with Crippen LogP contribution in [0.5, 0.6) is 0 Å². The van der Waals surface area contributed by atoms with E-state index in [2.05, 4.69) is 0 Å². The van der Waals surface area contributed by atoms with Crippen molar-refractivity contribution in [3.8, 4) is 0 Å². The van der Waals surface area contributed by atoms with E-state index in [0.29, 0.717) is 5.56 Å². The first-order chi connectivity index (χ1) is 13.4. The zero-order valence-corrected chi connectivity index (χ0v) is 18.1. The zero-order valence-electron chi connectivity index (χ0n) is 17.3. The molecule has 7 nitrogen and oxygen atoms in total. The molecule has 0 bridgehead atoms. The van der Waals surface area contributed by atoms with Gasteiger partial charge in [-0.15, -0.1) is 0 Å². The van der Waals surface area contributed by atoms with E-state index in [1.54, 1.807) is 13.0 Å². The fourth-order valence-electron chi connectivity index (χ4n) is 3.17. The number of carbonyl (C=O) groups is 2. The number of aryl methyl sites for hydroxylation is 1. The molecule has 9 heteroatoms. The van der Waals surface area contributed by atoms with Gasteiger partial charge in [0.15, 0.2) is 6.61 Å². The van der Waals surface area contributed by atoms with Crippen molar-refractivity contribution >= 4 is 21.8 Å². The van der Waals surface area contributed by atoms with Crippen LogP contribution >= 0.6 is 0 Å². The molecule has 1 aromatic heterocycles. The molecule has 0 unspecified atom stereocenters. The Morgan fingerprint density at radius 2 is 1.76 bits per heavy atom. The molecule has 1 aromatic carbocycles. The van der Waals surface area contributed by atoms with Gasteiger partial charge in [-0.1, -0.05) is 0 Å². The third kappa shape index (κ3) is 4.56. The topological polar surface area (TPSA) is 85.7 Å². The minimum absolute atomic E-state index is 0.162. The number of hydrogen-bond acceptors (Lipinski definition) is 5. The number of halogens is 1. The SMILES string of the molecule is Cc1cc(C(=O)COC(=O)c2cc(S(=O)(=O)N(C)C)ccc2F)c(C)n1C(C)C. The summed E-state index contributed by atoms with van der Waals surface area (Å²) >= 11 is 0. The van der Waals surface area contributed by atoms with Gasteiger partial charge in [-0.2, -0.15) is 0 Å². The molecular formula is C20H25FN2O5S. The van der Waals surface area contributed by atoms with Gasteiger partial charge in [-0.05, 0) is 52.0 Å². The fraction of sp³-hybridized carbons (Fsp3) is 0.400. The average molecular weight is 424 g/mol. The summed E-state index contributed by atoms with van der Waals surface area (Å²) in [5.41, 5.74) is 1.53. The van der Waals surface area contributed by atoms with Crippen molar-refractivity contribution < 1.29 is 27.1 Å². The van der Waals surface area contributed by atoms with Gasteiger partial charge in [0.1, 0.15) is 5.82 Å². The first-order valence-electron chi connectivity index (χ1n) is 8.98. The lowest BCUT2D eigenvalue weighted by Gasteiger charge is -2.14. The number of carbonyl (C=O) groups excluding carboxylic acids is 2. The highest BCUT2D eigenvalue weighted by molar-refractivity contribution is 7.89. The molecule has 0 saturated heterocycles. The molecule has 29 heavy (non-hydrogen) atoms. The molecule has 158 valence electrons. The lowest BCUT2D eigenvalue weighted by Crippen LogP contribution is -2.23. The van der Waals surface area contributed by atoms with Crippen molar-refractivity contribution in [2.75, 3.05) is 20.7 Å². The predicted molar refractivity (Wildman–Crippen MR) is 106 cm³/mol. The smallest absolute Gasteiger partial charge is 0.341 e. The van der Waals surface area contributed by atoms with E-state index in [0.717, 1.165) is 33.9 Å². The molecular weight excluding hydrogens is 399 g/mol. The highest BCUT2D eigenvalue weighted by Gasteiger charge is 2.23. The van der Waals surface area contributed by atoms with Crippen molar-refractivity contribution in [2.45, 2.75) is 38.6 Å². The lowest BCUT2D eigenvalue weighted by molar-refractivity contribution is 0.0469. The van der Waals surface area contributed by atoms with Crippen molar-refractivity contribution in [3.05, 3.63) is 52.6 Å². The van der Waals surface area contributed by atoms with Crippen LogP contribution in [0.4, 0.5) is 4.39 Å². The van der Waals surface area contributed by atoms with E-state index in [1.807, 2.05) is 25.3 Å². The largest absolute Gasteiger partial charge is 0.454 e. The second-order valence-corrected chi connectivity index (χ2v) is 9.33. The van der Waals surface area contributed by atoms with Crippen LogP contribution in [0.15, 0.2) is 29.2 Å². The van der Waals surface area contributed by atoms with Crippen molar-refractivity contribution in [1.29, 1.82) is 0 Å². The van der Waals surface area contributed by atoms with E-state index >= 15 is 0 Å². The molecule has 2 rings (SSSR count). The second kappa shape index (κ2) is 8.46. The van der Waals surface area contributed by atoms with Gasteiger partial charge >= 0.3 is 5.97 Å². The van der Waals surface area contributed by atoms with Gasteiger partial charge in [-0.25, -0.2) is 21.9 Å². The summed E-state index contributed by atoms with van der Waals surface area (Å²) in [6, 6.07) is 4.73. The Morgan fingerprint density at radius 3 is 2.28 bits per heavy atom. The maximum atomic E-state index is 14.1. The van der Waals surface area contributed by atoms with Crippen LogP contribution in [0.2, 0.25) is 0 Å². The highest BCUT2D eigenvalue weighted by atomic mass is 32.2. The van der Waals surface area contributed by atoms with Gasteiger partial charge in [0.05, 0.1) is 10.5 Å². The van der Waals surface area contributed by atoms with Gasteiger partial charge in [0, 0.05) is 37.1 Å². The van der Waals surface area contributed by atoms with Crippen LogP contribution in [0.25, 0.3) is 0 Å². The van der Waals surface area contributed by atoms with Gasteiger partial charge in [0.2, 0.25) is 15.8 Å². The molecule has 0 N–H and O–H groups in total. The maximum absolute atomic E-state index is 14.1. The summed E-state index contributed by atoms with van der Waals surface area (Å²) < 4.78 is 46.4. The summed E-state index contributed by atoms with van der Waals surface area (Å²) in [6.45, 7) is 7.09. The zero-order chi connectivity index (χ0) is 22.1. The summed E-state index contributed by atoms with van der Waals surface area (Å²) in [6.07, 6.45) is 0. The van der Waals surface area contributed by atoms with Gasteiger partial charge in [0.25, 0.3) is 0 Å². The molecule has 0 radical (unpaired) electrons. The van der Waals surface area contributed by atoms with Gasteiger partial charge < -0.3 is 9.30 Å². The van der Waals surface area contributed by atoms with E-state index in [1.165, 1.54) is 14.1 Å². The van der Waals surface area contributed by atoms with Crippen molar-refractivity contribution in [1.82, 2.24) is 8.87 Å². The Hall–Kier alpha value is -2.52. The first-order valence-corrected chi connectivity index (χ1v) is 10.4. The second-order valence-electron chi connectivity index (χ2n) is 7.18. The van der Waals surface area contributed by atoms with Crippen molar-refractivity contribution in [3.63, 3.8) is 0 Å². The molecule has 0 spiro atoms. The Balaban J connectivity index is 2.22. The third-order valence-electron chi connectivity index (χ3n) is 4.57. The van der Waals surface area contributed by atoms with E-state index < -0.39 is 39.8 Å². The lowest BCUT2D eigenvalue weighted by atomic mass is 10.1. The van der Waals surface area contributed by atoms with Crippen LogP contribution in [0.1, 0.15) is 52.0 Å². The first kappa shape index (κ1) is 22.8. The quantitative estimate of drug-likeness (QED) is 0.504. The van der Waals surface area contributed by atoms with Crippen LogP contribution in [0.3, 0.4) is 0 Å². The van der Waals surface area contributed by atoms with E-state index in [-0.39, 0.29) is 10.9 Å². The van der Waals surface area contributed by atoms with Crippen LogP contribution in [0, 0.1) is 19.7 Å². The summed E-state index contributed by atoms with van der Waals surface area (Å²) in [7, 11) is -1.21. The van der Waals surface area contributed by atoms with Crippen molar-refractivity contribution in [2.24, 2.45) is 0 Å². The predicted octanol–water partition coefficient (Wildman–Crippen LogP) is 3.11. The van der Waals surface area contributed by atoms with Crippen LogP contribution in [-0.2, 0) is 14.8 Å². The van der Waals surface area contributed by atoms with Crippen LogP contribution in [-0.4, -0.2) is 49.7 Å². The number of sulfonamides is 1. The molecule has 0 amide bonds. The number of esters is 1. The minimum atomic E-state index is -3.85. The Kier molecular flexibility index (Phi) is 6.64. The molecule has 0 aliphatic carbocycles. The number of nitrogens with zero attached hydrogens (tertiary/aromatic N) is 2. The minimum Gasteiger partial charge on any atom is -0.454 e. The average Bonchev–Trinajstić information content (AvgIpc) is 2.93. The number of benzene rings is 1. The molecule has 1 heterocycles. The van der Waals surface area contributed by atoms with E-state index in [4.69, 9.17) is 4.74 Å². The van der Waals surface area contributed by atoms with E-state index in [9.17, 15) is 22.4 Å². The monoisotopic (exact) mass is 424 g/mol. The molecule has 0 fully saturated rings. The van der Waals surface area contributed by atoms with Crippen LogP contribution < -0.4 is 0 Å². The number of ether oxygens (including phenoxy) is 1. The normalized spacial score (nSPS) is 11.9. The van der Waals surface area contributed by atoms with Gasteiger partial charge in [-0.3, -0.25) is 4.79 Å². The highest BCUT2D eigenvalue weighted by Crippen LogP contribution is 2.21. The molecule has 2 aromatic rings. The number of ketones is 1. The molecule has 0 saturated carbocycles. The number of aromatic nitrogens is 1.